The van der Waals surface area contributed by atoms with E-state index in [1.807, 2.05) is 0 Å². The lowest BCUT2D eigenvalue weighted by Crippen LogP contribution is -2.30. The van der Waals surface area contributed by atoms with Crippen molar-refractivity contribution in [1.29, 1.82) is 0 Å². The van der Waals surface area contributed by atoms with Crippen LogP contribution in [0.15, 0.2) is 72.9 Å². The smallest absolute Gasteiger partial charge is 0.306 e. The van der Waals surface area contributed by atoms with E-state index in [2.05, 4.69) is 93.7 Å². The van der Waals surface area contributed by atoms with Crippen molar-refractivity contribution in [2.24, 2.45) is 0 Å². The van der Waals surface area contributed by atoms with Gasteiger partial charge in [-0.1, -0.05) is 299 Å². The number of carbonyl (C=O) groups excluding carboxylic acids is 3. The molecule has 0 N–H and O–H groups in total. The Labute approximate surface area is 472 Å². The van der Waals surface area contributed by atoms with Crippen molar-refractivity contribution >= 4 is 17.9 Å². The Kier molecular flexibility index (Phi) is 61.7. The maximum absolute atomic E-state index is 12.9. The molecule has 0 aromatic carbocycles. The minimum atomic E-state index is -0.793. The van der Waals surface area contributed by atoms with Crippen LogP contribution in [0.3, 0.4) is 0 Å². The maximum atomic E-state index is 12.9. The van der Waals surface area contributed by atoms with Gasteiger partial charge in [-0.3, -0.25) is 14.4 Å². The monoisotopic (exact) mass is 1060 g/mol. The van der Waals surface area contributed by atoms with E-state index in [4.69, 9.17) is 14.2 Å². The van der Waals surface area contributed by atoms with E-state index in [9.17, 15) is 14.4 Å². The highest BCUT2D eigenvalue weighted by atomic mass is 16.6. The first-order valence-corrected chi connectivity index (χ1v) is 32.9. The fourth-order valence-corrected chi connectivity index (χ4v) is 9.53. The molecule has 0 saturated carbocycles. The van der Waals surface area contributed by atoms with E-state index in [0.29, 0.717) is 19.3 Å². The Morgan fingerprint density at radius 3 is 0.829 bits per heavy atom. The molecule has 76 heavy (non-hydrogen) atoms. The van der Waals surface area contributed by atoms with Crippen LogP contribution >= 0.6 is 0 Å². The standard InChI is InChI=1S/C70H124O6/c1-4-7-10-13-16-19-22-25-28-31-33-34-35-36-38-39-42-45-48-51-54-57-60-63-69(72)75-66-67(65-74-68(71)62-59-56-53-50-47-44-41-30-27-24-21-18-15-12-9-6-3)76-70(73)64-61-58-55-52-49-46-43-40-37-32-29-26-23-20-17-14-11-8-5-2/h8,11,17,20,26,29,31,33,37,40,46,49,67H,4-7,9-10,12-16,18-19,21-25,27-28,30,32,34-36,38-39,41-45,47-48,50-66H2,1-3H3/b11-8-,20-17-,29-26-,33-31-,40-37-,49-46-. The lowest BCUT2D eigenvalue weighted by molar-refractivity contribution is -0.167. The van der Waals surface area contributed by atoms with Crippen molar-refractivity contribution in [2.75, 3.05) is 13.2 Å². The summed E-state index contributed by atoms with van der Waals surface area (Å²) in [5, 5.41) is 0. The van der Waals surface area contributed by atoms with Gasteiger partial charge in [0.1, 0.15) is 13.2 Å². The quantitative estimate of drug-likeness (QED) is 0.0261. The van der Waals surface area contributed by atoms with Crippen molar-refractivity contribution in [3.05, 3.63) is 72.9 Å². The highest BCUT2D eigenvalue weighted by Gasteiger charge is 2.19. The fraction of sp³-hybridized carbons (Fsp3) is 0.786. The molecule has 0 spiro atoms. The van der Waals surface area contributed by atoms with Crippen LogP contribution in [-0.4, -0.2) is 37.2 Å². The normalized spacial score (nSPS) is 12.5. The number of hydrogen-bond acceptors (Lipinski definition) is 6. The molecular formula is C70H124O6. The minimum absolute atomic E-state index is 0.0857. The molecule has 6 nitrogen and oxygen atoms in total. The summed E-state index contributed by atoms with van der Waals surface area (Å²) in [4.78, 5) is 38.4. The zero-order valence-corrected chi connectivity index (χ0v) is 50.5. The molecule has 0 aliphatic rings. The number of hydrogen-bond donors (Lipinski definition) is 0. The van der Waals surface area contributed by atoms with Gasteiger partial charge in [0.25, 0.3) is 0 Å². The molecule has 0 radical (unpaired) electrons. The van der Waals surface area contributed by atoms with E-state index in [0.717, 1.165) is 96.3 Å². The van der Waals surface area contributed by atoms with Gasteiger partial charge in [0.2, 0.25) is 0 Å². The highest BCUT2D eigenvalue weighted by Crippen LogP contribution is 2.17. The van der Waals surface area contributed by atoms with Crippen molar-refractivity contribution in [1.82, 2.24) is 0 Å². The van der Waals surface area contributed by atoms with Gasteiger partial charge in [-0.15, -0.1) is 0 Å². The molecular weight excluding hydrogens is 937 g/mol. The molecule has 440 valence electrons. The summed E-state index contributed by atoms with van der Waals surface area (Å²) >= 11 is 0. The lowest BCUT2D eigenvalue weighted by Gasteiger charge is -2.18. The lowest BCUT2D eigenvalue weighted by atomic mass is 10.0. The van der Waals surface area contributed by atoms with Crippen LogP contribution in [0.5, 0.6) is 0 Å². The molecule has 0 aliphatic heterocycles. The van der Waals surface area contributed by atoms with Crippen LogP contribution in [0.1, 0.15) is 335 Å². The molecule has 0 aromatic rings. The summed E-state index contributed by atoms with van der Waals surface area (Å²) < 4.78 is 16.9. The number of unbranched alkanes of at least 4 members (excludes halogenated alkanes) is 37. The van der Waals surface area contributed by atoms with E-state index < -0.39 is 6.10 Å². The SMILES string of the molecule is CC/C=C\C/C=C\C/C=C\C/C=C\C/C=C\CCCCCC(=O)OC(COC(=O)CCCCCCCCCCCCC/C=C\CCCCCCCCCC)COC(=O)CCCCCCCCCCCCCCCCCC. The van der Waals surface area contributed by atoms with E-state index in [1.165, 1.54) is 199 Å². The number of ether oxygens (including phenoxy) is 3. The van der Waals surface area contributed by atoms with E-state index in [1.54, 1.807) is 0 Å². The topological polar surface area (TPSA) is 78.9 Å². The van der Waals surface area contributed by atoms with Crippen molar-refractivity contribution in [3.63, 3.8) is 0 Å². The summed E-state index contributed by atoms with van der Waals surface area (Å²) in [5.74, 6) is -0.901. The molecule has 0 bridgehead atoms. The molecule has 0 aliphatic carbocycles. The van der Waals surface area contributed by atoms with Crippen LogP contribution < -0.4 is 0 Å². The number of esters is 3. The average Bonchev–Trinajstić information content (AvgIpc) is 3.42. The first-order valence-electron chi connectivity index (χ1n) is 32.9. The fourth-order valence-electron chi connectivity index (χ4n) is 9.53. The van der Waals surface area contributed by atoms with Gasteiger partial charge in [0.15, 0.2) is 6.10 Å². The predicted molar refractivity (Wildman–Crippen MR) is 330 cm³/mol. The Morgan fingerprint density at radius 2 is 0.513 bits per heavy atom. The summed E-state index contributed by atoms with van der Waals surface area (Å²) in [6, 6.07) is 0. The van der Waals surface area contributed by atoms with Crippen LogP contribution in [0.4, 0.5) is 0 Å². The first kappa shape index (κ1) is 72.8. The summed E-state index contributed by atoms with van der Waals surface area (Å²) in [7, 11) is 0. The molecule has 0 rings (SSSR count). The van der Waals surface area contributed by atoms with Crippen LogP contribution in [-0.2, 0) is 28.6 Å². The Balaban J connectivity index is 4.38. The van der Waals surface area contributed by atoms with Gasteiger partial charge in [-0.25, -0.2) is 0 Å². The number of allylic oxidation sites excluding steroid dienone is 12. The Bertz CT molecular complexity index is 1400. The highest BCUT2D eigenvalue weighted by molar-refractivity contribution is 5.71. The van der Waals surface area contributed by atoms with Crippen molar-refractivity contribution in [2.45, 2.75) is 341 Å². The Hall–Kier alpha value is -3.15. The maximum Gasteiger partial charge on any atom is 0.306 e. The van der Waals surface area contributed by atoms with Gasteiger partial charge in [0, 0.05) is 19.3 Å². The third-order valence-electron chi connectivity index (χ3n) is 14.4. The molecule has 0 saturated heterocycles. The molecule has 0 aromatic heterocycles. The second-order valence-electron chi connectivity index (χ2n) is 22.0. The first-order chi connectivity index (χ1) is 37.5. The van der Waals surface area contributed by atoms with Gasteiger partial charge >= 0.3 is 17.9 Å². The van der Waals surface area contributed by atoms with E-state index >= 15 is 0 Å². The summed E-state index contributed by atoms with van der Waals surface area (Å²) in [6.45, 7) is 6.55. The molecule has 1 atom stereocenters. The van der Waals surface area contributed by atoms with Gasteiger partial charge in [-0.2, -0.15) is 0 Å². The van der Waals surface area contributed by atoms with Gasteiger partial charge < -0.3 is 14.2 Å². The molecule has 0 fully saturated rings. The largest absolute Gasteiger partial charge is 0.462 e. The average molecular weight is 1060 g/mol. The zero-order valence-electron chi connectivity index (χ0n) is 50.5. The summed E-state index contributed by atoms with van der Waals surface area (Å²) in [5.41, 5.74) is 0. The van der Waals surface area contributed by atoms with Crippen LogP contribution in [0, 0.1) is 0 Å². The zero-order chi connectivity index (χ0) is 55.0. The van der Waals surface area contributed by atoms with E-state index in [-0.39, 0.29) is 31.1 Å². The predicted octanol–water partition coefficient (Wildman–Crippen LogP) is 22.5. The molecule has 0 amide bonds. The van der Waals surface area contributed by atoms with Gasteiger partial charge in [-0.05, 0) is 89.9 Å². The third-order valence-corrected chi connectivity index (χ3v) is 14.4. The van der Waals surface area contributed by atoms with Crippen LogP contribution in [0.2, 0.25) is 0 Å². The third kappa shape index (κ3) is 61.7. The second kappa shape index (κ2) is 64.4. The van der Waals surface area contributed by atoms with Crippen molar-refractivity contribution in [3.8, 4) is 0 Å². The van der Waals surface area contributed by atoms with Gasteiger partial charge in [0.05, 0.1) is 0 Å². The molecule has 6 heteroatoms. The Morgan fingerprint density at radius 1 is 0.276 bits per heavy atom. The molecule has 1 unspecified atom stereocenters. The van der Waals surface area contributed by atoms with Crippen LogP contribution in [0.25, 0.3) is 0 Å². The minimum Gasteiger partial charge on any atom is -0.462 e. The number of rotatable bonds is 60. The molecule has 0 heterocycles. The second-order valence-corrected chi connectivity index (χ2v) is 22.0. The van der Waals surface area contributed by atoms with Crippen molar-refractivity contribution < 1.29 is 28.6 Å². The number of carbonyl (C=O) groups is 3. The summed E-state index contributed by atoms with van der Waals surface area (Å²) in [6.07, 6.45) is 83.4.